The van der Waals surface area contributed by atoms with E-state index in [4.69, 9.17) is 18.9 Å². The van der Waals surface area contributed by atoms with Gasteiger partial charge in [-0.2, -0.15) is 0 Å². The van der Waals surface area contributed by atoms with Gasteiger partial charge in [0.15, 0.2) is 11.9 Å². The molecule has 1 aromatic rings. The largest absolute Gasteiger partial charge is 0.464 e. The van der Waals surface area contributed by atoms with Crippen molar-refractivity contribution in [3.63, 3.8) is 0 Å². The van der Waals surface area contributed by atoms with Crippen molar-refractivity contribution < 1.29 is 18.9 Å². The van der Waals surface area contributed by atoms with Gasteiger partial charge in [0.1, 0.15) is 11.9 Å². The maximum Gasteiger partial charge on any atom is 0.231 e. The van der Waals surface area contributed by atoms with E-state index >= 15 is 0 Å². The fraction of sp³-hybridized carbons (Fsp3) is 0.500. The van der Waals surface area contributed by atoms with Gasteiger partial charge in [0.2, 0.25) is 6.29 Å². The highest BCUT2D eigenvalue weighted by molar-refractivity contribution is 5.57. The maximum absolute atomic E-state index is 6.07. The molecule has 3 aliphatic rings. The van der Waals surface area contributed by atoms with Gasteiger partial charge in [-0.25, -0.2) is 0 Å². The zero-order valence-corrected chi connectivity index (χ0v) is 14.5. The second kappa shape index (κ2) is 5.73. The minimum absolute atomic E-state index is 0.258. The number of hydrogen-bond acceptors (Lipinski definition) is 4. The highest BCUT2D eigenvalue weighted by Crippen LogP contribution is 2.40. The average Bonchev–Trinajstić information content (AvgIpc) is 2.95. The molecule has 1 aromatic carbocycles. The first-order chi connectivity index (χ1) is 11.4. The van der Waals surface area contributed by atoms with Crippen LogP contribution >= 0.6 is 0 Å². The van der Waals surface area contributed by atoms with Gasteiger partial charge in [-0.15, -0.1) is 0 Å². The summed E-state index contributed by atoms with van der Waals surface area (Å²) in [5.41, 5.74) is 3.83. The normalized spacial score (nSPS) is 33.2. The summed E-state index contributed by atoms with van der Waals surface area (Å²) in [6, 6.07) is 6.54. The third kappa shape index (κ3) is 2.90. The van der Waals surface area contributed by atoms with Crippen molar-refractivity contribution >= 4 is 6.08 Å². The number of allylic oxidation sites excluding steroid dienone is 1. The van der Waals surface area contributed by atoms with Crippen molar-refractivity contribution in [2.45, 2.75) is 58.1 Å². The molecule has 24 heavy (non-hydrogen) atoms. The Balaban J connectivity index is 1.44. The van der Waals surface area contributed by atoms with Gasteiger partial charge in [-0.3, -0.25) is 0 Å². The number of rotatable bonds is 3. The first-order valence-corrected chi connectivity index (χ1v) is 8.54. The Labute approximate surface area is 143 Å². The summed E-state index contributed by atoms with van der Waals surface area (Å²) < 4.78 is 23.3. The van der Waals surface area contributed by atoms with E-state index in [1.807, 2.05) is 13.8 Å². The van der Waals surface area contributed by atoms with Crippen molar-refractivity contribution in [1.82, 2.24) is 0 Å². The second-order valence-corrected chi connectivity index (χ2v) is 7.36. The molecule has 0 aromatic heterocycles. The van der Waals surface area contributed by atoms with E-state index in [0.29, 0.717) is 18.3 Å². The molecule has 0 radical (unpaired) electrons. The van der Waals surface area contributed by atoms with E-state index in [-0.39, 0.29) is 12.2 Å². The monoisotopic (exact) mass is 328 g/mol. The Morgan fingerprint density at radius 1 is 1.29 bits per heavy atom. The molecule has 2 heterocycles. The molecule has 4 nitrogen and oxygen atoms in total. The summed E-state index contributed by atoms with van der Waals surface area (Å²) in [5.74, 6) is 0.538. The van der Waals surface area contributed by atoms with Crippen LogP contribution in [-0.2, 0) is 32.0 Å². The van der Waals surface area contributed by atoms with E-state index < -0.39 is 12.1 Å². The highest BCUT2D eigenvalue weighted by atomic mass is 16.8. The van der Waals surface area contributed by atoms with Crippen LogP contribution < -0.4 is 0 Å². The molecule has 0 amide bonds. The lowest BCUT2D eigenvalue weighted by atomic mass is 9.90. The van der Waals surface area contributed by atoms with Crippen LogP contribution in [-0.4, -0.2) is 24.3 Å². The molecule has 1 unspecified atom stereocenters. The molecule has 2 fully saturated rings. The zero-order chi connectivity index (χ0) is 16.9. The summed E-state index contributed by atoms with van der Waals surface area (Å²) >= 11 is 0. The van der Waals surface area contributed by atoms with Gasteiger partial charge >= 0.3 is 0 Å². The van der Waals surface area contributed by atoms with Gasteiger partial charge in [0.25, 0.3) is 0 Å². The van der Waals surface area contributed by atoms with Gasteiger partial charge in [0, 0.05) is 0 Å². The molecule has 4 rings (SSSR count). The third-order valence-corrected chi connectivity index (χ3v) is 4.76. The Morgan fingerprint density at radius 2 is 2.12 bits per heavy atom. The lowest BCUT2D eigenvalue weighted by Gasteiger charge is -2.22. The van der Waals surface area contributed by atoms with Crippen molar-refractivity contribution in [3.8, 4) is 0 Å². The summed E-state index contributed by atoms with van der Waals surface area (Å²) in [6.45, 7) is 10.4. The minimum atomic E-state index is -0.648. The zero-order valence-electron chi connectivity index (χ0n) is 14.5. The molecule has 0 saturated carbocycles. The molecular formula is C20H24O4. The standard InChI is InChI=1S/C20H24O4/c1-12-5-7-16-10-14(6-8-15(16)9-12)11-21-17-13(2)22-19-18(17)23-20(3,4)24-19/h5-8,10,12,17-19H,2,9,11H2,1,3-4H3/t12?,17-,18-,19-/m1/s1. The topological polar surface area (TPSA) is 36.9 Å². The number of ether oxygens (including phenoxy) is 4. The van der Waals surface area contributed by atoms with Crippen LogP contribution in [0.3, 0.4) is 0 Å². The summed E-state index contributed by atoms with van der Waals surface area (Å²) in [6.07, 6.45) is 4.58. The molecule has 0 bridgehead atoms. The van der Waals surface area contributed by atoms with Crippen LogP contribution in [0.15, 0.2) is 36.6 Å². The van der Waals surface area contributed by atoms with E-state index in [1.165, 1.54) is 11.1 Å². The van der Waals surface area contributed by atoms with Gasteiger partial charge in [0.05, 0.1) is 6.61 Å². The minimum Gasteiger partial charge on any atom is -0.464 e. The van der Waals surface area contributed by atoms with Crippen molar-refractivity contribution in [3.05, 3.63) is 53.3 Å². The predicted octanol–water partition coefficient (Wildman–Crippen LogP) is 3.80. The lowest BCUT2D eigenvalue weighted by molar-refractivity contribution is -0.191. The first kappa shape index (κ1) is 15.9. The Hall–Kier alpha value is -1.62. The van der Waals surface area contributed by atoms with Crippen molar-refractivity contribution in [2.24, 2.45) is 5.92 Å². The van der Waals surface area contributed by atoms with Gasteiger partial charge in [-0.05, 0) is 48.9 Å². The van der Waals surface area contributed by atoms with E-state index in [2.05, 4.69) is 43.9 Å². The predicted molar refractivity (Wildman–Crippen MR) is 91.0 cm³/mol. The fourth-order valence-electron chi connectivity index (χ4n) is 3.58. The second-order valence-electron chi connectivity index (χ2n) is 7.36. The molecule has 2 aliphatic heterocycles. The van der Waals surface area contributed by atoms with Crippen LogP contribution in [0.25, 0.3) is 6.08 Å². The summed E-state index contributed by atoms with van der Waals surface area (Å²) in [5, 5.41) is 0. The number of benzene rings is 1. The maximum atomic E-state index is 6.07. The molecule has 0 N–H and O–H groups in total. The average molecular weight is 328 g/mol. The van der Waals surface area contributed by atoms with E-state index in [9.17, 15) is 0 Å². The highest BCUT2D eigenvalue weighted by Gasteiger charge is 2.53. The third-order valence-electron chi connectivity index (χ3n) is 4.76. The van der Waals surface area contributed by atoms with Crippen molar-refractivity contribution in [1.29, 1.82) is 0 Å². The summed E-state index contributed by atoms with van der Waals surface area (Å²) in [7, 11) is 0. The molecule has 128 valence electrons. The molecule has 4 heteroatoms. The Bertz CT molecular complexity index is 691. The quantitative estimate of drug-likeness (QED) is 0.846. The Morgan fingerprint density at radius 3 is 2.96 bits per heavy atom. The van der Waals surface area contributed by atoms with Crippen LogP contribution in [0.1, 0.15) is 37.5 Å². The lowest BCUT2D eigenvalue weighted by Crippen LogP contribution is -2.31. The van der Waals surface area contributed by atoms with Crippen LogP contribution in [0, 0.1) is 5.92 Å². The fourth-order valence-corrected chi connectivity index (χ4v) is 3.58. The van der Waals surface area contributed by atoms with E-state index in [1.54, 1.807) is 0 Å². The molecule has 0 spiro atoms. The smallest absolute Gasteiger partial charge is 0.231 e. The van der Waals surface area contributed by atoms with Crippen LogP contribution in [0.5, 0.6) is 0 Å². The number of hydrogen-bond donors (Lipinski definition) is 0. The SMILES string of the molecule is C=C1O[C@@H]2OC(C)(C)O[C@@H]2[C@@H]1OCc1ccc2c(c1)C=CC(C)C2. The molecule has 1 aliphatic carbocycles. The van der Waals surface area contributed by atoms with Crippen LogP contribution in [0.4, 0.5) is 0 Å². The summed E-state index contributed by atoms with van der Waals surface area (Å²) in [4.78, 5) is 0. The molecular weight excluding hydrogens is 304 g/mol. The Kier molecular flexibility index (Phi) is 3.79. The molecule has 4 atom stereocenters. The van der Waals surface area contributed by atoms with Gasteiger partial charge < -0.3 is 18.9 Å². The molecule has 2 saturated heterocycles. The van der Waals surface area contributed by atoms with E-state index in [0.717, 1.165) is 12.0 Å². The first-order valence-electron chi connectivity index (χ1n) is 8.54. The van der Waals surface area contributed by atoms with Crippen molar-refractivity contribution in [2.75, 3.05) is 0 Å². The van der Waals surface area contributed by atoms with Gasteiger partial charge in [-0.1, -0.05) is 37.8 Å². The number of fused-ring (bicyclic) bond motifs is 2. The van der Waals surface area contributed by atoms with Crippen LogP contribution in [0.2, 0.25) is 0 Å².